The molecule has 0 aliphatic heterocycles. The molecule has 578 valence electrons. The van der Waals surface area contributed by atoms with Crippen LogP contribution in [0.4, 0.5) is 0 Å². The van der Waals surface area contributed by atoms with Gasteiger partial charge in [-0.25, -0.2) is 0 Å². The van der Waals surface area contributed by atoms with E-state index in [0.29, 0.717) is 5.56 Å². The number of benzene rings is 11. The van der Waals surface area contributed by atoms with Gasteiger partial charge >= 0.3 is 0 Å². The minimum Gasteiger partial charge on any atom is -0.305 e. The molecule has 116 heavy (non-hydrogen) atoms. The van der Waals surface area contributed by atoms with Gasteiger partial charge in [0.05, 0.1) is 6.85 Å². The van der Waals surface area contributed by atoms with E-state index in [1.807, 2.05) is 299 Å². The van der Waals surface area contributed by atoms with Crippen LogP contribution in [0.2, 0.25) is 0 Å². The maximum atomic E-state index is 8.08. The fourth-order valence-electron chi connectivity index (χ4n) is 11.7. The third-order valence-corrected chi connectivity index (χ3v) is 17.4. The van der Waals surface area contributed by atoms with Gasteiger partial charge in [0.1, 0.15) is 0 Å². The van der Waals surface area contributed by atoms with Crippen LogP contribution in [0, 0.1) is 70.2 Å². The molecule has 0 amide bonds. The Hall–Kier alpha value is -11.9. The molecular weight excluding hydrogens is 2130 g/mol. The SMILES string of the molecule is Cc1cc(-c2[c-]cccc2)ncc1-c1ccccc1.Cc1ccc[c-]c1-c1ccccn1.Cc1cccnc1-c1[c-]cccc1.[2H]c1c([2H])c([2H])c(-c2cnc(-c3[c-]cccc3)cc2C)c([2H])c1[2H].[Ir].[Ir].[Ir].[Ir].[c-]1ccccc1-c1cc(-c2ccccc2)ccn1.[c-]1ccccc1-c1cc(-c2ccccc2)ccn1.[c-]1ccccc1-c1ccccn1. The average molecular weight is 2210 g/mol. The van der Waals surface area contributed by atoms with Crippen molar-refractivity contribution >= 4 is 0 Å². The van der Waals surface area contributed by atoms with Gasteiger partial charge in [-0.3, -0.25) is 0 Å². The molecule has 0 aliphatic carbocycles. The van der Waals surface area contributed by atoms with E-state index in [-0.39, 0.29) is 110 Å². The van der Waals surface area contributed by atoms with Crippen LogP contribution in [0.25, 0.3) is 123 Å². The second kappa shape index (κ2) is 49.0. The number of rotatable bonds is 11. The molecule has 7 nitrogen and oxygen atoms in total. The fraction of sp³-hybridized carbons (Fsp3) is 0.0381. The summed E-state index contributed by atoms with van der Waals surface area (Å²) < 4.78 is 39.4. The van der Waals surface area contributed by atoms with Crippen molar-refractivity contribution in [2.75, 3.05) is 0 Å². The Balaban J connectivity index is 0.000000176. The zero-order chi connectivity index (χ0) is 81.3. The van der Waals surface area contributed by atoms with E-state index >= 15 is 0 Å². The predicted octanol–water partition coefficient (Wildman–Crippen LogP) is 25.7. The maximum Gasteiger partial charge on any atom is 0.0629 e. The summed E-state index contributed by atoms with van der Waals surface area (Å²) in [6, 6.07) is 133. The van der Waals surface area contributed by atoms with E-state index in [2.05, 4.69) is 165 Å². The Labute approximate surface area is 744 Å². The van der Waals surface area contributed by atoms with Crippen LogP contribution >= 0.6 is 0 Å². The van der Waals surface area contributed by atoms with E-state index < -0.39 is 6.04 Å². The van der Waals surface area contributed by atoms with E-state index in [0.717, 1.165) is 84.4 Å². The predicted molar refractivity (Wildman–Crippen MR) is 460 cm³/mol. The van der Waals surface area contributed by atoms with E-state index in [9.17, 15) is 0 Å². The summed E-state index contributed by atoms with van der Waals surface area (Å²) in [6.45, 7) is 8.09. The standard InChI is InChI=1S/2C18H14N.2C17H12N.2C12H10N.C11H8N.4Ir/c2*1-14-12-18(16-10-6-3-7-11-16)19-13-17(14)15-8-4-2-5-9-15;2*1-3-7-14(8-4-1)16-11-12-18-17(13-16)15-9-5-2-6-10-15;1-10-6-2-3-7-11(10)12-8-4-5-9-13-12;1-10-6-5-9-13-12(10)11-7-3-2-4-8-11;1-2-6-10(7-3-1)11-8-4-5-9-12-11;;;;/h2*2-10,12-13H,1H3;2*1-9,11-13H;2-6,8-9H,1H3;2-7,9H,1H3;1-6,8-9H;;;;/q7*-1;;;;/i2D,4D,5D,8D,9D;;;;;;;;;;. The van der Waals surface area contributed by atoms with Crippen molar-refractivity contribution in [1.82, 2.24) is 34.9 Å². The molecular formula is C105H80Ir4N7-7. The zero-order valence-electron chi connectivity index (χ0n) is 68.8. The van der Waals surface area contributed by atoms with Gasteiger partial charge in [0.25, 0.3) is 0 Å². The van der Waals surface area contributed by atoms with Crippen molar-refractivity contribution in [2.24, 2.45) is 0 Å². The Bertz CT molecular complexity index is 5720. The number of pyridine rings is 7. The first-order valence-electron chi connectivity index (χ1n) is 39.0. The summed E-state index contributed by atoms with van der Waals surface area (Å²) in [4.78, 5) is 30.6. The van der Waals surface area contributed by atoms with Gasteiger partial charge in [-0.05, 0) is 135 Å². The summed E-state index contributed by atoms with van der Waals surface area (Å²) in [5.41, 5.74) is 26.0. The summed E-state index contributed by atoms with van der Waals surface area (Å²) in [5.74, 6) is 0. The van der Waals surface area contributed by atoms with Crippen LogP contribution in [0.3, 0.4) is 0 Å². The van der Waals surface area contributed by atoms with Gasteiger partial charge in [0.15, 0.2) is 0 Å². The summed E-state index contributed by atoms with van der Waals surface area (Å²) in [6.07, 6.45) is 12.6. The Morgan fingerprint density at radius 3 is 0.957 bits per heavy atom. The summed E-state index contributed by atoms with van der Waals surface area (Å²) in [7, 11) is 0. The molecule has 0 fully saturated rings. The fourth-order valence-corrected chi connectivity index (χ4v) is 11.7. The normalized spacial score (nSPS) is 10.4. The largest absolute Gasteiger partial charge is 0.305 e. The molecule has 18 rings (SSSR count). The van der Waals surface area contributed by atoms with Crippen LogP contribution in [0.1, 0.15) is 29.1 Å². The smallest absolute Gasteiger partial charge is 0.0629 e. The van der Waals surface area contributed by atoms with Gasteiger partial charge in [-0.15, -0.1) is 251 Å². The average Bonchev–Trinajstić information content (AvgIpc) is 0.768. The molecule has 18 aromatic rings. The van der Waals surface area contributed by atoms with E-state index in [1.54, 1.807) is 24.7 Å². The third kappa shape index (κ3) is 27.1. The Kier molecular flexibility index (Phi) is 34.6. The number of hydrogen-bond acceptors (Lipinski definition) is 7. The molecule has 0 N–H and O–H groups in total. The Morgan fingerprint density at radius 1 is 0.224 bits per heavy atom. The molecule has 0 spiro atoms. The first-order chi connectivity index (χ1) is 57.3. The molecule has 11 heteroatoms. The van der Waals surface area contributed by atoms with Gasteiger partial charge < -0.3 is 34.9 Å². The molecule has 7 heterocycles. The number of aryl methyl sites for hydroxylation is 4. The molecule has 7 aromatic heterocycles. The van der Waals surface area contributed by atoms with Crippen LogP contribution in [0.15, 0.2) is 413 Å². The van der Waals surface area contributed by atoms with Crippen molar-refractivity contribution in [2.45, 2.75) is 27.7 Å². The minimum atomic E-state index is -0.394. The second-order valence-corrected chi connectivity index (χ2v) is 25.2. The monoisotopic (exact) mass is 2220 g/mol. The van der Waals surface area contributed by atoms with Crippen molar-refractivity contribution in [3.05, 3.63) is 478 Å². The summed E-state index contributed by atoms with van der Waals surface area (Å²) >= 11 is 0. The number of nitrogens with zero attached hydrogens (tertiary/aromatic N) is 7. The zero-order valence-corrected chi connectivity index (χ0v) is 73.4. The van der Waals surface area contributed by atoms with E-state index in [1.165, 1.54) is 50.1 Å². The number of hydrogen-bond donors (Lipinski definition) is 0. The van der Waals surface area contributed by atoms with Crippen molar-refractivity contribution < 1.29 is 87.3 Å². The van der Waals surface area contributed by atoms with Crippen molar-refractivity contribution in [3.63, 3.8) is 0 Å². The third-order valence-electron chi connectivity index (χ3n) is 17.4. The molecule has 11 aromatic carbocycles. The minimum absolute atomic E-state index is 0. The van der Waals surface area contributed by atoms with Crippen LogP contribution in [0.5, 0.6) is 0 Å². The summed E-state index contributed by atoms with van der Waals surface area (Å²) in [5, 5.41) is 0. The molecule has 0 saturated carbocycles. The van der Waals surface area contributed by atoms with Crippen molar-refractivity contribution in [1.29, 1.82) is 0 Å². The topological polar surface area (TPSA) is 90.2 Å². The van der Waals surface area contributed by atoms with E-state index in [4.69, 9.17) is 6.85 Å². The van der Waals surface area contributed by atoms with Gasteiger partial charge in [0, 0.05) is 135 Å². The molecule has 0 unspecified atom stereocenters. The van der Waals surface area contributed by atoms with Crippen LogP contribution < -0.4 is 0 Å². The molecule has 0 bridgehead atoms. The van der Waals surface area contributed by atoms with Crippen LogP contribution in [-0.4, -0.2) is 34.9 Å². The first kappa shape index (κ1) is 82.1. The number of aromatic nitrogens is 7. The van der Waals surface area contributed by atoms with Crippen molar-refractivity contribution in [3.8, 4) is 123 Å². The molecule has 0 aliphatic rings. The maximum absolute atomic E-state index is 8.08. The van der Waals surface area contributed by atoms with Gasteiger partial charge in [-0.2, -0.15) is 0 Å². The van der Waals surface area contributed by atoms with Gasteiger partial charge in [-0.1, -0.05) is 188 Å². The second-order valence-electron chi connectivity index (χ2n) is 25.2. The van der Waals surface area contributed by atoms with Gasteiger partial charge in [0.2, 0.25) is 0 Å². The first-order valence-corrected chi connectivity index (χ1v) is 36.5. The van der Waals surface area contributed by atoms with Crippen LogP contribution in [-0.2, 0) is 80.4 Å². The molecule has 4 radical (unpaired) electrons. The molecule has 0 atom stereocenters. The quantitative estimate of drug-likeness (QED) is 0.119. The molecule has 0 saturated heterocycles. The Morgan fingerprint density at radius 2 is 0.569 bits per heavy atom.